The van der Waals surface area contributed by atoms with Crippen LogP contribution in [0.25, 0.3) is 0 Å². The summed E-state index contributed by atoms with van der Waals surface area (Å²) >= 11 is 0. The predicted molar refractivity (Wildman–Crippen MR) is 67.1 cm³/mol. The standard InChI is InChI=1S/C14H24O2/c1-9(2)12-8-7-10(3)11(4)13(12)14(15-5)16-6/h7,9,12-14H,4,8H2,1-3,5-6H3/t12-,13+/m1/s1. The molecule has 92 valence electrons. The fourth-order valence-electron chi connectivity index (χ4n) is 2.55. The minimum Gasteiger partial charge on any atom is -0.355 e. The molecule has 1 aliphatic carbocycles. The summed E-state index contributed by atoms with van der Waals surface area (Å²) in [6.45, 7) is 10.8. The van der Waals surface area contributed by atoms with Crippen LogP contribution in [0.4, 0.5) is 0 Å². The molecule has 0 aromatic carbocycles. The Labute approximate surface area is 99.3 Å². The Morgan fingerprint density at radius 2 is 1.88 bits per heavy atom. The third-order valence-corrected chi connectivity index (χ3v) is 3.68. The molecule has 1 rings (SSSR count). The Bertz CT molecular complexity index is 274. The molecule has 16 heavy (non-hydrogen) atoms. The van der Waals surface area contributed by atoms with E-state index >= 15 is 0 Å². The first kappa shape index (κ1) is 13.5. The highest BCUT2D eigenvalue weighted by atomic mass is 16.7. The van der Waals surface area contributed by atoms with Gasteiger partial charge in [-0.15, -0.1) is 0 Å². The molecule has 2 heteroatoms. The maximum absolute atomic E-state index is 5.43. The highest BCUT2D eigenvalue weighted by Gasteiger charge is 2.36. The summed E-state index contributed by atoms with van der Waals surface area (Å²) in [4.78, 5) is 0. The third kappa shape index (κ3) is 2.55. The molecular formula is C14H24O2. The quantitative estimate of drug-likeness (QED) is 0.681. The van der Waals surface area contributed by atoms with Crippen LogP contribution < -0.4 is 0 Å². The minimum absolute atomic E-state index is 0.177. The van der Waals surface area contributed by atoms with Gasteiger partial charge >= 0.3 is 0 Å². The molecular weight excluding hydrogens is 200 g/mol. The van der Waals surface area contributed by atoms with E-state index in [4.69, 9.17) is 9.47 Å². The zero-order valence-corrected chi connectivity index (χ0v) is 11.1. The molecule has 0 saturated heterocycles. The predicted octanol–water partition coefficient (Wildman–Crippen LogP) is 3.40. The molecule has 0 amide bonds. The van der Waals surface area contributed by atoms with Gasteiger partial charge in [-0.1, -0.05) is 32.1 Å². The molecule has 1 aliphatic rings. The van der Waals surface area contributed by atoms with Crippen LogP contribution in [0.1, 0.15) is 27.2 Å². The molecule has 0 radical (unpaired) electrons. The lowest BCUT2D eigenvalue weighted by molar-refractivity contribution is -0.143. The van der Waals surface area contributed by atoms with Crippen molar-refractivity contribution in [2.45, 2.75) is 33.5 Å². The largest absolute Gasteiger partial charge is 0.355 e. The third-order valence-electron chi connectivity index (χ3n) is 3.68. The van der Waals surface area contributed by atoms with Crippen LogP contribution in [0.2, 0.25) is 0 Å². The van der Waals surface area contributed by atoms with E-state index in [0.29, 0.717) is 11.8 Å². The molecule has 0 heterocycles. The fourth-order valence-corrected chi connectivity index (χ4v) is 2.55. The van der Waals surface area contributed by atoms with Crippen molar-refractivity contribution in [1.82, 2.24) is 0 Å². The Morgan fingerprint density at radius 3 is 2.31 bits per heavy atom. The molecule has 0 aromatic rings. The molecule has 0 aromatic heterocycles. The van der Waals surface area contributed by atoms with Crippen molar-refractivity contribution in [1.29, 1.82) is 0 Å². The molecule has 0 spiro atoms. The van der Waals surface area contributed by atoms with Crippen molar-refractivity contribution in [3.05, 3.63) is 23.8 Å². The molecule has 0 saturated carbocycles. The van der Waals surface area contributed by atoms with E-state index in [0.717, 1.165) is 6.42 Å². The van der Waals surface area contributed by atoms with Gasteiger partial charge in [-0.3, -0.25) is 0 Å². The van der Waals surface area contributed by atoms with Gasteiger partial charge in [0.2, 0.25) is 0 Å². The van der Waals surface area contributed by atoms with Gasteiger partial charge in [-0.25, -0.2) is 0 Å². The maximum atomic E-state index is 5.43. The topological polar surface area (TPSA) is 18.5 Å². The van der Waals surface area contributed by atoms with Gasteiger partial charge in [0.1, 0.15) is 0 Å². The van der Waals surface area contributed by atoms with Crippen molar-refractivity contribution in [2.75, 3.05) is 14.2 Å². The van der Waals surface area contributed by atoms with Crippen LogP contribution in [-0.2, 0) is 9.47 Å². The van der Waals surface area contributed by atoms with Crippen LogP contribution in [0.5, 0.6) is 0 Å². The fraction of sp³-hybridized carbons (Fsp3) is 0.714. The minimum atomic E-state index is -0.177. The SMILES string of the molecule is C=C1C(C)=CC[C@H](C(C)C)[C@H]1C(OC)OC. The maximum Gasteiger partial charge on any atom is 0.163 e. The highest BCUT2D eigenvalue weighted by Crippen LogP contribution is 2.40. The Balaban J connectivity index is 2.98. The molecule has 2 nitrogen and oxygen atoms in total. The van der Waals surface area contributed by atoms with Gasteiger partial charge in [0.25, 0.3) is 0 Å². The van der Waals surface area contributed by atoms with Crippen LogP contribution in [0.15, 0.2) is 23.8 Å². The van der Waals surface area contributed by atoms with Crippen LogP contribution >= 0.6 is 0 Å². The molecule has 0 bridgehead atoms. The first-order valence-corrected chi connectivity index (χ1v) is 5.94. The average Bonchev–Trinajstić information content (AvgIpc) is 2.25. The van der Waals surface area contributed by atoms with Crippen LogP contribution in [0.3, 0.4) is 0 Å². The lowest BCUT2D eigenvalue weighted by atomic mass is 9.71. The molecule has 0 unspecified atom stereocenters. The molecule has 0 fully saturated rings. The van der Waals surface area contributed by atoms with Crippen LogP contribution in [-0.4, -0.2) is 20.5 Å². The lowest BCUT2D eigenvalue weighted by Crippen LogP contribution is -2.36. The van der Waals surface area contributed by atoms with Gasteiger partial charge < -0.3 is 9.47 Å². The van der Waals surface area contributed by atoms with Gasteiger partial charge in [-0.2, -0.15) is 0 Å². The summed E-state index contributed by atoms with van der Waals surface area (Å²) in [5, 5.41) is 0. The van der Waals surface area contributed by atoms with Crippen LogP contribution in [0, 0.1) is 17.8 Å². The average molecular weight is 224 g/mol. The second-order valence-corrected chi connectivity index (χ2v) is 4.92. The number of rotatable bonds is 4. The van der Waals surface area contributed by atoms with Gasteiger partial charge in [0, 0.05) is 20.1 Å². The second kappa shape index (κ2) is 5.65. The normalized spacial score (nSPS) is 26.4. The Kier molecular flexibility index (Phi) is 4.75. The van der Waals surface area contributed by atoms with Gasteiger partial charge in [0.05, 0.1) is 0 Å². The lowest BCUT2D eigenvalue weighted by Gasteiger charge is -2.38. The number of methoxy groups -OCH3 is 2. The summed E-state index contributed by atoms with van der Waals surface area (Å²) in [7, 11) is 3.40. The number of ether oxygens (including phenoxy) is 2. The van der Waals surface area contributed by atoms with E-state index in [-0.39, 0.29) is 12.2 Å². The number of hydrogen-bond acceptors (Lipinski definition) is 2. The van der Waals surface area contributed by atoms with E-state index in [2.05, 4.69) is 33.4 Å². The zero-order chi connectivity index (χ0) is 12.3. The summed E-state index contributed by atoms with van der Waals surface area (Å²) in [5.74, 6) is 1.44. The van der Waals surface area contributed by atoms with E-state index < -0.39 is 0 Å². The smallest absolute Gasteiger partial charge is 0.163 e. The monoisotopic (exact) mass is 224 g/mol. The highest BCUT2D eigenvalue weighted by molar-refractivity contribution is 5.33. The van der Waals surface area contributed by atoms with Gasteiger partial charge in [-0.05, 0) is 30.8 Å². The van der Waals surface area contributed by atoms with Crippen molar-refractivity contribution in [2.24, 2.45) is 17.8 Å². The van der Waals surface area contributed by atoms with Crippen molar-refractivity contribution >= 4 is 0 Å². The van der Waals surface area contributed by atoms with Gasteiger partial charge in [0.15, 0.2) is 6.29 Å². The molecule has 0 aliphatic heterocycles. The van der Waals surface area contributed by atoms with E-state index in [1.54, 1.807) is 14.2 Å². The van der Waals surface area contributed by atoms with Crippen molar-refractivity contribution in [3.8, 4) is 0 Å². The Morgan fingerprint density at radius 1 is 1.31 bits per heavy atom. The van der Waals surface area contributed by atoms with E-state index in [1.807, 2.05) is 0 Å². The summed E-state index contributed by atoms with van der Waals surface area (Å²) in [5.41, 5.74) is 2.44. The summed E-state index contributed by atoms with van der Waals surface area (Å²) in [6, 6.07) is 0. The first-order valence-electron chi connectivity index (χ1n) is 5.94. The summed E-state index contributed by atoms with van der Waals surface area (Å²) in [6.07, 6.45) is 3.20. The second-order valence-electron chi connectivity index (χ2n) is 4.92. The zero-order valence-electron chi connectivity index (χ0n) is 11.1. The molecule has 2 atom stereocenters. The Hall–Kier alpha value is -0.600. The molecule has 0 N–H and O–H groups in total. The number of allylic oxidation sites excluding steroid dienone is 2. The van der Waals surface area contributed by atoms with E-state index in [1.165, 1.54) is 11.1 Å². The van der Waals surface area contributed by atoms with E-state index in [9.17, 15) is 0 Å². The summed E-state index contributed by atoms with van der Waals surface area (Å²) < 4.78 is 10.9. The van der Waals surface area contributed by atoms with Crippen molar-refractivity contribution < 1.29 is 9.47 Å². The first-order chi connectivity index (χ1) is 7.52. The number of hydrogen-bond donors (Lipinski definition) is 0. The van der Waals surface area contributed by atoms with Crippen molar-refractivity contribution in [3.63, 3.8) is 0 Å².